The van der Waals surface area contributed by atoms with E-state index in [-0.39, 0.29) is 0 Å². The molecule has 0 heterocycles. The molecule has 0 unspecified atom stereocenters. The van der Waals surface area contributed by atoms with Crippen LogP contribution in [0.25, 0.3) is 0 Å². The van der Waals surface area contributed by atoms with Crippen LogP contribution in [-0.4, -0.2) is 21.4 Å². The molecule has 0 saturated heterocycles. The lowest BCUT2D eigenvalue weighted by atomic mass is 9.47. The lowest BCUT2D eigenvalue weighted by Crippen LogP contribution is -2.50. The normalized spacial score (nSPS) is 22.4. The molecule has 3 aliphatic rings. The van der Waals surface area contributed by atoms with Crippen molar-refractivity contribution in [2.45, 2.75) is 49.7 Å². The van der Waals surface area contributed by atoms with Crippen LogP contribution in [0.4, 0.5) is 0 Å². The van der Waals surface area contributed by atoms with Crippen LogP contribution in [0.3, 0.4) is 0 Å². The second-order valence-electron chi connectivity index (χ2n) is 9.75. The van der Waals surface area contributed by atoms with E-state index in [1.165, 1.54) is 0 Å². The van der Waals surface area contributed by atoms with E-state index in [2.05, 4.69) is 60.1 Å². The minimum absolute atomic E-state index is 0.706. The largest absolute Gasteiger partial charge is 0.378 e. The van der Waals surface area contributed by atoms with E-state index in [1.54, 1.807) is 27.7 Å². The minimum atomic E-state index is -1.12. The highest BCUT2D eigenvalue weighted by atomic mass is 16.3. The summed E-state index contributed by atoms with van der Waals surface area (Å²) >= 11 is 0. The summed E-state index contributed by atoms with van der Waals surface area (Å²) in [7, 11) is 0. The van der Waals surface area contributed by atoms with Crippen LogP contribution < -0.4 is 0 Å². The summed E-state index contributed by atoms with van der Waals surface area (Å²) in [6, 6.07) is 25.0. The van der Waals surface area contributed by atoms with Gasteiger partial charge in [0.2, 0.25) is 0 Å². The molecule has 2 heteroatoms. The molecule has 0 aliphatic heterocycles. The zero-order valence-electron chi connectivity index (χ0n) is 18.8. The van der Waals surface area contributed by atoms with Crippen LogP contribution >= 0.6 is 0 Å². The first-order valence-corrected chi connectivity index (χ1v) is 10.9. The van der Waals surface area contributed by atoms with Crippen molar-refractivity contribution in [2.24, 2.45) is 0 Å². The van der Waals surface area contributed by atoms with Crippen molar-refractivity contribution >= 4 is 0 Å². The molecule has 3 aromatic carbocycles. The fourth-order valence-corrected chi connectivity index (χ4v) is 5.18. The molecule has 0 aromatic heterocycles. The van der Waals surface area contributed by atoms with E-state index in [0.29, 0.717) is 0 Å². The van der Waals surface area contributed by atoms with Crippen molar-refractivity contribution in [3.05, 3.63) is 106 Å². The summed E-state index contributed by atoms with van der Waals surface area (Å²) in [6.45, 7) is 6.85. The molecule has 0 amide bonds. The molecule has 0 spiro atoms. The van der Waals surface area contributed by atoms with E-state index in [1.807, 2.05) is 36.4 Å². The van der Waals surface area contributed by atoms with Gasteiger partial charge < -0.3 is 10.2 Å². The quantitative estimate of drug-likeness (QED) is 0.527. The molecule has 3 aromatic rings. The summed E-state index contributed by atoms with van der Waals surface area (Å²) in [5, 5.41) is 21.0. The van der Waals surface area contributed by atoms with Gasteiger partial charge in [-0.25, -0.2) is 0 Å². The van der Waals surface area contributed by atoms with Crippen molar-refractivity contribution < 1.29 is 10.2 Å². The zero-order chi connectivity index (χ0) is 22.8. The number of aliphatic hydroxyl groups is 2. The molecule has 32 heavy (non-hydrogen) atoms. The maximum atomic E-state index is 10.5. The highest BCUT2D eigenvalue weighted by Crippen LogP contribution is 2.61. The third-order valence-electron chi connectivity index (χ3n) is 6.32. The summed E-state index contributed by atoms with van der Waals surface area (Å²) in [6.07, 6.45) is 0. The average molecular weight is 419 g/mol. The maximum absolute atomic E-state index is 10.5. The third kappa shape index (κ3) is 2.78. The Labute approximate surface area is 190 Å². The standard InChI is InChI=1S/C30H26O2/c1-27(2,31)17-19-29-21-11-5-8-14-24(21)30(20-18-28(3,4)32,25-15-9-6-12-22(25)29)26-16-10-7-13-23(26)29/h5-16,31-32H,1-4H3. The topological polar surface area (TPSA) is 40.5 Å². The molecular weight excluding hydrogens is 392 g/mol. The predicted octanol–water partition coefficient (Wildman–Crippen LogP) is 4.53. The summed E-state index contributed by atoms with van der Waals surface area (Å²) < 4.78 is 0. The molecule has 0 atom stereocenters. The third-order valence-corrected chi connectivity index (χ3v) is 6.32. The first kappa shape index (κ1) is 20.6. The fraction of sp³-hybridized carbons (Fsp3) is 0.267. The van der Waals surface area contributed by atoms with Crippen molar-refractivity contribution in [2.75, 3.05) is 0 Å². The highest BCUT2D eigenvalue weighted by molar-refractivity contribution is 5.81. The zero-order valence-corrected chi connectivity index (χ0v) is 18.8. The number of hydrogen-bond donors (Lipinski definition) is 2. The van der Waals surface area contributed by atoms with E-state index in [9.17, 15) is 10.2 Å². The molecule has 6 rings (SSSR count). The summed E-state index contributed by atoms with van der Waals surface area (Å²) in [4.78, 5) is 0. The number of benzene rings is 3. The van der Waals surface area contributed by atoms with E-state index in [0.717, 1.165) is 33.4 Å². The molecule has 158 valence electrons. The Morgan fingerprint density at radius 1 is 0.500 bits per heavy atom. The first-order chi connectivity index (χ1) is 15.1. The Balaban J connectivity index is 2.01. The molecule has 2 N–H and O–H groups in total. The Hall–Kier alpha value is -3.30. The highest BCUT2D eigenvalue weighted by Gasteiger charge is 2.58. The lowest BCUT2D eigenvalue weighted by molar-refractivity contribution is 0.142. The molecule has 0 saturated carbocycles. The number of rotatable bonds is 0. The Morgan fingerprint density at radius 3 is 0.906 bits per heavy atom. The van der Waals surface area contributed by atoms with Gasteiger partial charge in [-0.1, -0.05) is 96.5 Å². The molecular formula is C30H26O2. The van der Waals surface area contributed by atoms with Gasteiger partial charge >= 0.3 is 0 Å². The smallest absolute Gasteiger partial charge is 0.120 e. The lowest BCUT2D eigenvalue weighted by Gasteiger charge is -2.52. The molecule has 0 fully saturated rings. The van der Waals surface area contributed by atoms with E-state index in [4.69, 9.17) is 0 Å². The second kappa shape index (κ2) is 6.60. The van der Waals surface area contributed by atoms with Gasteiger partial charge in [0.15, 0.2) is 0 Å². The van der Waals surface area contributed by atoms with Crippen LogP contribution in [0.15, 0.2) is 72.8 Å². The molecule has 2 bridgehead atoms. The summed E-state index contributed by atoms with van der Waals surface area (Å²) in [5.74, 6) is 13.3. The molecule has 0 radical (unpaired) electrons. The van der Waals surface area contributed by atoms with Gasteiger partial charge in [-0.15, -0.1) is 0 Å². The van der Waals surface area contributed by atoms with Crippen molar-refractivity contribution in [1.82, 2.24) is 0 Å². The van der Waals surface area contributed by atoms with Crippen LogP contribution in [0, 0.1) is 23.7 Å². The summed E-state index contributed by atoms with van der Waals surface area (Å²) in [5.41, 5.74) is 2.83. The van der Waals surface area contributed by atoms with Gasteiger partial charge in [0.1, 0.15) is 22.0 Å². The van der Waals surface area contributed by atoms with Crippen LogP contribution in [0.5, 0.6) is 0 Å². The van der Waals surface area contributed by atoms with Gasteiger partial charge in [0, 0.05) is 0 Å². The van der Waals surface area contributed by atoms with E-state index < -0.39 is 22.0 Å². The Morgan fingerprint density at radius 2 is 0.719 bits per heavy atom. The van der Waals surface area contributed by atoms with Crippen molar-refractivity contribution in [3.8, 4) is 23.7 Å². The van der Waals surface area contributed by atoms with Crippen LogP contribution in [-0.2, 0) is 10.8 Å². The second-order valence-corrected chi connectivity index (χ2v) is 9.75. The fourth-order valence-electron chi connectivity index (χ4n) is 5.18. The van der Waals surface area contributed by atoms with Gasteiger partial charge in [-0.3, -0.25) is 0 Å². The molecule has 2 nitrogen and oxygen atoms in total. The van der Waals surface area contributed by atoms with Gasteiger partial charge in [-0.2, -0.15) is 0 Å². The van der Waals surface area contributed by atoms with Crippen LogP contribution in [0.1, 0.15) is 61.1 Å². The molecule has 3 aliphatic carbocycles. The Kier molecular flexibility index (Phi) is 4.25. The van der Waals surface area contributed by atoms with Gasteiger partial charge in [0.05, 0.1) is 0 Å². The van der Waals surface area contributed by atoms with Gasteiger partial charge in [-0.05, 0) is 61.1 Å². The minimum Gasteiger partial charge on any atom is -0.378 e. The van der Waals surface area contributed by atoms with Crippen LogP contribution in [0.2, 0.25) is 0 Å². The van der Waals surface area contributed by atoms with Crippen molar-refractivity contribution in [3.63, 3.8) is 0 Å². The SMILES string of the molecule is CC(C)(O)C#CC12c3ccccc3C(C#CC(C)(C)O)(c3ccccc31)c1ccccc12. The predicted molar refractivity (Wildman–Crippen MR) is 127 cm³/mol. The first-order valence-electron chi connectivity index (χ1n) is 10.9. The Bertz CT molecular complexity index is 1130. The average Bonchev–Trinajstić information content (AvgIpc) is 2.76. The maximum Gasteiger partial charge on any atom is 0.120 e. The van der Waals surface area contributed by atoms with E-state index >= 15 is 0 Å². The van der Waals surface area contributed by atoms with Crippen molar-refractivity contribution in [1.29, 1.82) is 0 Å². The number of hydrogen-bond acceptors (Lipinski definition) is 2. The monoisotopic (exact) mass is 418 g/mol. The van der Waals surface area contributed by atoms with Gasteiger partial charge in [0.25, 0.3) is 0 Å².